The Morgan fingerprint density at radius 2 is 1.89 bits per heavy atom. The molecule has 2 aliphatic rings. The molecular formula is C17H34IN5O4S. The molecule has 0 aromatic heterocycles. The molecule has 0 aromatic rings. The van der Waals surface area contributed by atoms with E-state index in [1.165, 1.54) is 4.31 Å². The number of amides is 1. The first-order valence-electron chi connectivity index (χ1n) is 9.69. The third-order valence-electron chi connectivity index (χ3n) is 5.08. The largest absolute Gasteiger partial charge is 0.368 e. The lowest BCUT2D eigenvalue weighted by atomic mass is 10.2. The Kier molecular flexibility index (Phi) is 11.0. The average Bonchev–Trinajstić information content (AvgIpc) is 3.22. The SMILES string of the molecule is CCS(=O)(=O)N(C)CCCNC(=NC)N1CCN(C(=O)C2CCCO2)CC1.I. The van der Waals surface area contributed by atoms with Crippen LogP contribution < -0.4 is 5.32 Å². The van der Waals surface area contributed by atoms with Crippen LogP contribution >= 0.6 is 24.0 Å². The molecule has 2 heterocycles. The summed E-state index contributed by atoms with van der Waals surface area (Å²) in [5.41, 5.74) is 0. The van der Waals surface area contributed by atoms with E-state index in [-0.39, 0.29) is 41.7 Å². The molecule has 1 unspecified atom stereocenters. The number of hydrogen-bond donors (Lipinski definition) is 1. The van der Waals surface area contributed by atoms with Crippen LogP contribution in [0.1, 0.15) is 26.2 Å². The van der Waals surface area contributed by atoms with Crippen molar-refractivity contribution in [1.29, 1.82) is 0 Å². The van der Waals surface area contributed by atoms with Crippen LogP contribution in [0.15, 0.2) is 4.99 Å². The van der Waals surface area contributed by atoms with Crippen molar-refractivity contribution in [2.24, 2.45) is 4.99 Å². The van der Waals surface area contributed by atoms with E-state index < -0.39 is 10.0 Å². The molecule has 0 bridgehead atoms. The van der Waals surface area contributed by atoms with Crippen LogP contribution in [0.3, 0.4) is 0 Å². The number of carbonyl (C=O) groups is 1. The summed E-state index contributed by atoms with van der Waals surface area (Å²) >= 11 is 0. The second-order valence-electron chi connectivity index (χ2n) is 6.86. The van der Waals surface area contributed by atoms with Crippen molar-refractivity contribution in [2.45, 2.75) is 32.3 Å². The zero-order valence-corrected chi connectivity index (χ0v) is 20.2. The predicted octanol–water partition coefficient (Wildman–Crippen LogP) is 0.175. The zero-order valence-electron chi connectivity index (χ0n) is 17.1. The molecule has 0 spiro atoms. The highest BCUT2D eigenvalue weighted by Gasteiger charge is 2.30. The first-order chi connectivity index (χ1) is 12.9. The van der Waals surface area contributed by atoms with Crippen molar-refractivity contribution < 1.29 is 17.9 Å². The number of aliphatic imine (C=N–C) groups is 1. The molecule has 1 amide bonds. The lowest BCUT2D eigenvalue weighted by Crippen LogP contribution is -2.55. The summed E-state index contributed by atoms with van der Waals surface area (Å²) in [5.74, 6) is 1.02. The van der Waals surface area contributed by atoms with Gasteiger partial charge < -0.3 is 19.9 Å². The van der Waals surface area contributed by atoms with Gasteiger partial charge in [-0.05, 0) is 26.2 Å². The highest BCUT2D eigenvalue weighted by Crippen LogP contribution is 2.16. The molecule has 2 saturated heterocycles. The summed E-state index contributed by atoms with van der Waals surface area (Å²) in [5, 5.41) is 3.29. The topological polar surface area (TPSA) is 94.5 Å². The molecule has 11 heteroatoms. The smallest absolute Gasteiger partial charge is 0.251 e. The highest BCUT2D eigenvalue weighted by atomic mass is 127. The Hall–Kier alpha value is -0.660. The number of nitrogens with zero attached hydrogens (tertiary/aromatic N) is 4. The van der Waals surface area contributed by atoms with Gasteiger partial charge in [-0.2, -0.15) is 0 Å². The van der Waals surface area contributed by atoms with E-state index in [1.54, 1.807) is 21.0 Å². The maximum atomic E-state index is 12.4. The molecule has 2 fully saturated rings. The van der Waals surface area contributed by atoms with Gasteiger partial charge >= 0.3 is 0 Å². The molecule has 1 atom stereocenters. The molecule has 0 aromatic carbocycles. The van der Waals surface area contributed by atoms with Gasteiger partial charge in [0.1, 0.15) is 6.10 Å². The quantitative estimate of drug-likeness (QED) is 0.218. The number of ether oxygens (including phenoxy) is 1. The van der Waals surface area contributed by atoms with Crippen LogP contribution in [0.25, 0.3) is 0 Å². The standard InChI is InChI=1S/C17H33N5O4S.HI/c1-4-27(24,25)20(3)9-6-8-19-17(18-2)22-12-10-21(11-13-22)16(23)15-7-5-14-26-15;/h15H,4-14H2,1-3H3,(H,18,19);1H. The second kappa shape index (κ2) is 12.1. The molecule has 1 N–H and O–H groups in total. The van der Waals surface area contributed by atoms with Gasteiger partial charge in [0.05, 0.1) is 5.75 Å². The minimum absolute atomic E-state index is 0. The fourth-order valence-corrected chi connectivity index (χ4v) is 4.16. The maximum Gasteiger partial charge on any atom is 0.251 e. The summed E-state index contributed by atoms with van der Waals surface area (Å²) in [6, 6.07) is 0. The van der Waals surface area contributed by atoms with E-state index in [2.05, 4.69) is 15.2 Å². The van der Waals surface area contributed by atoms with Crippen molar-refractivity contribution in [3.05, 3.63) is 0 Å². The summed E-state index contributed by atoms with van der Waals surface area (Å²) in [6.07, 6.45) is 2.23. The number of rotatable bonds is 7. The summed E-state index contributed by atoms with van der Waals surface area (Å²) in [7, 11) is 0.216. The van der Waals surface area contributed by atoms with Crippen LogP contribution in [-0.4, -0.2) is 106 Å². The van der Waals surface area contributed by atoms with E-state index in [4.69, 9.17) is 4.74 Å². The van der Waals surface area contributed by atoms with Gasteiger partial charge in [0.15, 0.2) is 5.96 Å². The van der Waals surface area contributed by atoms with Crippen LogP contribution in [0, 0.1) is 0 Å². The van der Waals surface area contributed by atoms with E-state index in [0.29, 0.717) is 39.2 Å². The number of guanidine groups is 1. The first-order valence-corrected chi connectivity index (χ1v) is 11.3. The number of carbonyl (C=O) groups excluding carboxylic acids is 1. The molecule has 9 nitrogen and oxygen atoms in total. The predicted molar refractivity (Wildman–Crippen MR) is 121 cm³/mol. The number of hydrogen-bond acceptors (Lipinski definition) is 5. The minimum Gasteiger partial charge on any atom is -0.368 e. The summed E-state index contributed by atoms with van der Waals surface area (Å²) in [6.45, 7) is 6.23. The fourth-order valence-electron chi connectivity index (χ4n) is 3.31. The van der Waals surface area contributed by atoms with Gasteiger partial charge in [-0.1, -0.05) is 0 Å². The van der Waals surface area contributed by atoms with Crippen molar-refractivity contribution in [2.75, 3.05) is 65.7 Å². The Morgan fingerprint density at radius 1 is 1.25 bits per heavy atom. The molecule has 2 rings (SSSR count). The Bertz CT molecular complexity index is 617. The van der Waals surface area contributed by atoms with Crippen molar-refractivity contribution in [3.8, 4) is 0 Å². The first kappa shape index (κ1) is 25.4. The van der Waals surface area contributed by atoms with Gasteiger partial charge in [0.2, 0.25) is 10.0 Å². The van der Waals surface area contributed by atoms with Crippen LogP contribution in [0.2, 0.25) is 0 Å². The second-order valence-corrected chi connectivity index (χ2v) is 9.23. The van der Waals surface area contributed by atoms with Gasteiger partial charge in [0, 0.05) is 60.0 Å². The Balaban J connectivity index is 0.00000392. The zero-order chi connectivity index (χ0) is 19.9. The summed E-state index contributed by atoms with van der Waals surface area (Å²) in [4.78, 5) is 20.7. The van der Waals surface area contributed by atoms with Crippen molar-refractivity contribution in [1.82, 2.24) is 19.4 Å². The highest BCUT2D eigenvalue weighted by molar-refractivity contribution is 14.0. The van der Waals surface area contributed by atoms with E-state index in [9.17, 15) is 13.2 Å². The Labute approximate surface area is 185 Å². The average molecular weight is 531 g/mol. The Morgan fingerprint density at radius 3 is 2.43 bits per heavy atom. The van der Waals surface area contributed by atoms with E-state index >= 15 is 0 Å². The third-order valence-corrected chi connectivity index (χ3v) is 6.94. The molecule has 164 valence electrons. The van der Waals surface area contributed by atoms with Crippen LogP contribution in [0.5, 0.6) is 0 Å². The molecule has 0 radical (unpaired) electrons. The molecular weight excluding hydrogens is 497 g/mol. The number of sulfonamides is 1. The lowest BCUT2D eigenvalue weighted by molar-refractivity contribution is -0.142. The fraction of sp³-hybridized carbons (Fsp3) is 0.882. The van der Waals surface area contributed by atoms with Crippen LogP contribution in [0.4, 0.5) is 0 Å². The lowest BCUT2D eigenvalue weighted by Gasteiger charge is -2.37. The van der Waals surface area contributed by atoms with Gasteiger partial charge in [0.25, 0.3) is 5.91 Å². The van der Waals surface area contributed by atoms with Crippen LogP contribution in [-0.2, 0) is 19.6 Å². The molecule has 28 heavy (non-hydrogen) atoms. The number of halogens is 1. The molecule has 0 saturated carbocycles. The van der Waals surface area contributed by atoms with Gasteiger partial charge in [-0.15, -0.1) is 24.0 Å². The van der Waals surface area contributed by atoms with Crippen molar-refractivity contribution in [3.63, 3.8) is 0 Å². The normalized spacial score (nSPS) is 21.0. The van der Waals surface area contributed by atoms with Gasteiger partial charge in [-0.25, -0.2) is 12.7 Å². The summed E-state index contributed by atoms with van der Waals surface area (Å²) < 4.78 is 30.4. The number of nitrogens with one attached hydrogen (secondary N) is 1. The third kappa shape index (κ3) is 6.99. The maximum absolute atomic E-state index is 12.4. The monoisotopic (exact) mass is 531 g/mol. The van der Waals surface area contributed by atoms with E-state index in [0.717, 1.165) is 31.9 Å². The minimum atomic E-state index is -3.13. The molecule has 0 aliphatic carbocycles. The van der Waals surface area contributed by atoms with Gasteiger partial charge in [-0.3, -0.25) is 9.79 Å². The van der Waals surface area contributed by atoms with E-state index in [1.807, 2.05) is 4.90 Å². The van der Waals surface area contributed by atoms with Crippen molar-refractivity contribution >= 4 is 45.9 Å². The number of piperazine rings is 1. The molecule has 2 aliphatic heterocycles.